The van der Waals surface area contributed by atoms with Gasteiger partial charge in [0.1, 0.15) is 0 Å². The summed E-state index contributed by atoms with van der Waals surface area (Å²) in [6.07, 6.45) is 6.31. The van der Waals surface area contributed by atoms with Crippen molar-refractivity contribution in [2.75, 3.05) is 13.2 Å². The number of hydrogen-bond acceptors (Lipinski definition) is 3. The fourth-order valence-electron chi connectivity index (χ4n) is 2.80. The van der Waals surface area contributed by atoms with E-state index in [4.69, 9.17) is 5.73 Å². The van der Waals surface area contributed by atoms with E-state index in [1.807, 2.05) is 11.8 Å². The molecule has 0 spiro atoms. The largest absolute Gasteiger partial charge is 0.394 e. The molecule has 4 heteroatoms. The van der Waals surface area contributed by atoms with Gasteiger partial charge >= 0.3 is 0 Å². The molecule has 0 aromatic rings. The maximum atomic E-state index is 12.5. The summed E-state index contributed by atoms with van der Waals surface area (Å²) in [4.78, 5) is 14.4. The van der Waals surface area contributed by atoms with Crippen molar-refractivity contribution in [1.82, 2.24) is 4.90 Å². The van der Waals surface area contributed by atoms with Gasteiger partial charge in [-0.25, -0.2) is 0 Å². The molecule has 2 fully saturated rings. The molecule has 1 aliphatic carbocycles. The van der Waals surface area contributed by atoms with Crippen LogP contribution < -0.4 is 5.73 Å². The summed E-state index contributed by atoms with van der Waals surface area (Å²) in [6, 6.07) is -0.0216. The Hall–Kier alpha value is -0.610. The zero-order valence-corrected chi connectivity index (χ0v) is 10.7. The van der Waals surface area contributed by atoms with Crippen molar-refractivity contribution in [2.24, 2.45) is 11.7 Å². The lowest BCUT2D eigenvalue weighted by Crippen LogP contribution is -2.58. The molecule has 4 nitrogen and oxygen atoms in total. The van der Waals surface area contributed by atoms with Gasteiger partial charge in [-0.05, 0) is 38.5 Å². The highest BCUT2D eigenvalue weighted by atomic mass is 16.3. The topological polar surface area (TPSA) is 66.6 Å². The molecule has 1 heterocycles. The summed E-state index contributed by atoms with van der Waals surface area (Å²) in [6.45, 7) is 2.67. The van der Waals surface area contributed by atoms with Crippen molar-refractivity contribution in [1.29, 1.82) is 0 Å². The lowest BCUT2D eigenvalue weighted by atomic mass is 9.94. The Bertz CT molecular complexity index is 287. The first-order valence-corrected chi connectivity index (χ1v) is 6.78. The van der Waals surface area contributed by atoms with Crippen LogP contribution in [-0.4, -0.2) is 40.6 Å². The Balaban J connectivity index is 2.09. The molecule has 1 aliphatic heterocycles. The SMILES string of the molecule is CC(N)(C(=O)N1CCCCCC1CO)C1CC1. The van der Waals surface area contributed by atoms with Gasteiger partial charge in [0.25, 0.3) is 0 Å². The molecule has 2 unspecified atom stereocenters. The summed E-state index contributed by atoms with van der Waals surface area (Å²) < 4.78 is 0. The van der Waals surface area contributed by atoms with Gasteiger partial charge in [-0.15, -0.1) is 0 Å². The third-order valence-corrected chi connectivity index (χ3v) is 4.23. The highest BCUT2D eigenvalue weighted by molar-refractivity contribution is 5.86. The Kier molecular flexibility index (Phi) is 3.73. The van der Waals surface area contributed by atoms with E-state index < -0.39 is 5.54 Å². The number of amides is 1. The normalized spacial score (nSPS) is 29.6. The molecule has 2 aliphatic rings. The van der Waals surface area contributed by atoms with Crippen molar-refractivity contribution in [2.45, 2.75) is 57.0 Å². The van der Waals surface area contributed by atoms with Gasteiger partial charge in [-0.3, -0.25) is 4.79 Å². The predicted octanol–water partition coefficient (Wildman–Crippen LogP) is 0.877. The number of carbonyl (C=O) groups excluding carboxylic acids is 1. The molecule has 0 aromatic carbocycles. The van der Waals surface area contributed by atoms with Gasteiger partial charge in [0.05, 0.1) is 18.2 Å². The molecule has 17 heavy (non-hydrogen) atoms. The minimum atomic E-state index is -0.724. The minimum Gasteiger partial charge on any atom is -0.394 e. The molecule has 2 atom stereocenters. The van der Waals surface area contributed by atoms with Crippen LogP contribution in [0, 0.1) is 5.92 Å². The molecular weight excluding hydrogens is 216 g/mol. The maximum absolute atomic E-state index is 12.5. The number of aliphatic hydroxyl groups is 1. The first kappa shape index (κ1) is 12.8. The summed E-state index contributed by atoms with van der Waals surface area (Å²) >= 11 is 0. The molecular formula is C13H24N2O2. The number of rotatable bonds is 3. The average molecular weight is 240 g/mol. The number of carbonyl (C=O) groups is 1. The zero-order chi connectivity index (χ0) is 12.5. The fraction of sp³-hybridized carbons (Fsp3) is 0.923. The lowest BCUT2D eigenvalue weighted by Gasteiger charge is -2.35. The quantitative estimate of drug-likeness (QED) is 0.769. The summed E-state index contributed by atoms with van der Waals surface area (Å²) in [5.41, 5.74) is 5.47. The Labute approximate surface area is 103 Å². The smallest absolute Gasteiger partial charge is 0.242 e. The second-order valence-corrected chi connectivity index (χ2v) is 5.74. The van der Waals surface area contributed by atoms with E-state index in [0.717, 1.165) is 45.1 Å². The Morgan fingerprint density at radius 2 is 2.06 bits per heavy atom. The van der Waals surface area contributed by atoms with Gasteiger partial charge in [-0.1, -0.05) is 12.8 Å². The van der Waals surface area contributed by atoms with E-state index in [1.165, 1.54) is 0 Å². The van der Waals surface area contributed by atoms with Crippen molar-refractivity contribution in [3.8, 4) is 0 Å². The maximum Gasteiger partial charge on any atom is 0.242 e. The summed E-state index contributed by atoms with van der Waals surface area (Å²) in [5, 5.41) is 9.42. The predicted molar refractivity (Wildman–Crippen MR) is 66.4 cm³/mol. The highest BCUT2D eigenvalue weighted by Gasteiger charge is 2.47. The Morgan fingerprint density at radius 3 is 2.65 bits per heavy atom. The molecule has 1 saturated carbocycles. The van der Waals surface area contributed by atoms with Crippen LogP contribution >= 0.6 is 0 Å². The zero-order valence-electron chi connectivity index (χ0n) is 10.7. The van der Waals surface area contributed by atoms with Gasteiger partial charge in [0.15, 0.2) is 0 Å². The molecule has 0 radical (unpaired) electrons. The van der Waals surface area contributed by atoms with Crippen molar-refractivity contribution in [3.63, 3.8) is 0 Å². The van der Waals surface area contributed by atoms with E-state index in [0.29, 0.717) is 5.92 Å². The number of nitrogens with two attached hydrogens (primary N) is 1. The van der Waals surface area contributed by atoms with Crippen LogP contribution in [0.1, 0.15) is 45.4 Å². The molecule has 0 aromatic heterocycles. The van der Waals surface area contributed by atoms with E-state index in [-0.39, 0.29) is 18.6 Å². The minimum absolute atomic E-state index is 0.0216. The average Bonchev–Trinajstić information content (AvgIpc) is 3.13. The summed E-state index contributed by atoms with van der Waals surface area (Å²) in [7, 11) is 0. The lowest BCUT2D eigenvalue weighted by molar-refractivity contribution is -0.140. The number of likely N-dealkylation sites (tertiary alicyclic amines) is 1. The molecule has 98 valence electrons. The summed E-state index contributed by atoms with van der Waals surface area (Å²) in [5.74, 6) is 0.388. The van der Waals surface area contributed by atoms with Gasteiger partial charge in [-0.2, -0.15) is 0 Å². The van der Waals surface area contributed by atoms with Crippen LogP contribution in [0.5, 0.6) is 0 Å². The second kappa shape index (κ2) is 4.94. The number of nitrogens with zero attached hydrogens (tertiary/aromatic N) is 1. The van der Waals surface area contributed by atoms with E-state index >= 15 is 0 Å². The third kappa shape index (κ3) is 2.63. The van der Waals surface area contributed by atoms with Crippen molar-refractivity contribution in [3.05, 3.63) is 0 Å². The highest BCUT2D eigenvalue weighted by Crippen LogP contribution is 2.39. The molecule has 1 amide bonds. The first-order valence-electron chi connectivity index (χ1n) is 6.78. The number of hydrogen-bond donors (Lipinski definition) is 2. The van der Waals surface area contributed by atoms with E-state index in [2.05, 4.69) is 0 Å². The Morgan fingerprint density at radius 1 is 1.35 bits per heavy atom. The van der Waals surface area contributed by atoms with Gasteiger partial charge < -0.3 is 15.7 Å². The fourth-order valence-corrected chi connectivity index (χ4v) is 2.80. The first-order chi connectivity index (χ1) is 8.07. The molecule has 2 rings (SSSR count). The van der Waals surface area contributed by atoms with Gasteiger partial charge in [0.2, 0.25) is 5.91 Å². The van der Waals surface area contributed by atoms with Crippen LogP contribution in [0.15, 0.2) is 0 Å². The van der Waals surface area contributed by atoms with Crippen molar-refractivity contribution >= 4 is 5.91 Å². The van der Waals surface area contributed by atoms with Crippen LogP contribution in [0.25, 0.3) is 0 Å². The second-order valence-electron chi connectivity index (χ2n) is 5.74. The van der Waals surface area contributed by atoms with Crippen LogP contribution in [-0.2, 0) is 4.79 Å². The standard InChI is InChI=1S/C13H24N2O2/c1-13(14,10-6-7-10)12(17)15-8-4-2-3-5-11(15)9-16/h10-11,16H,2-9,14H2,1H3. The molecule has 3 N–H and O–H groups in total. The van der Waals surface area contributed by atoms with Crippen molar-refractivity contribution < 1.29 is 9.90 Å². The number of aliphatic hydroxyl groups excluding tert-OH is 1. The monoisotopic (exact) mass is 240 g/mol. The van der Waals surface area contributed by atoms with E-state index in [1.54, 1.807) is 0 Å². The van der Waals surface area contributed by atoms with Crippen LogP contribution in [0.3, 0.4) is 0 Å². The molecule has 0 bridgehead atoms. The molecule has 1 saturated heterocycles. The van der Waals surface area contributed by atoms with Crippen LogP contribution in [0.2, 0.25) is 0 Å². The van der Waals surface area contributed by atoms with Gasteiger partial charge in [0, 0.05) is 6.54 Å². The van der Waals surface area contributed by atoms with E-state index in [9.17, 15) is 9.90 Å². The third-order valence-electron chi connectivity index (χ3n) is 4.23. The van der Waals surface area contributed by atoms with Crippen LogP contribution in [0.4, 0.5) is 0 Å².